The molecule has 1 saturated carbocycles. The van der Waals surface area contributed by atoms with E-state index < -0.39 is 29.9 Å². The fourth-order valence-corrected chi connectivity index (χ4v) is 3.72. The Hall–Kier alpha value is -3.10. The van der Waals surface area contributed by atoms with Gasteiger partial charge < -0.3 is 25.6 Å². The van der Waals surface area contributed by atoms with Crippen molar-refractivity contribution < 1.29 is 23.9 Å². The van der Waals surface area contributed by atoms with Gasteiger partial charge in [-0.25, -0.2) is 9.18 Å². The number of nitrogens with one attached hydrogen (secondary N) is 3. The van der Waals surface area contributed by atoms with Gasteiger partial charge >= 0.3 is 6.09 Å². The molecule has 3 atom stereocenters. The number of amides is 3. The van der Waals surface area contributed by atoms with Crippen LogP contribution in [0.4, 0.5) is 9.18 Å². The van der Waals surface area contributed by atoms with Crippen LogP contribution in [0.2, 0.25) is 0 Å². The van der Waals surface area contributed by atoms with Crippen molar-refractivity contribution in [2.75, 3.05) is 14.1 Å². The van der Waals surface area contributed by atoms with Gasteiger partial charge in [-0.2, -0.15) is 0 Å². The standard InChI is InChI=1S/C19H23FN4O4/c1-24(2)18(26)10-3-5-14(15(8-10)23-19(27)28)22-17(25)16-9-11-7-12(20)4-6-13(11)21-16/h4,6-7,9-10,14-15,21,23H,3,5,8H2,1-2H3,(H,22,25)(H,27,28)/t10-,14-,15+/m0/s1. The number of hydrogen-bond donors (Lipinski definition) is 4. The molecule has 0 saturated heterocycles. The highest BCUT2D eigenvalue weighted by atomic mass is 19.1. The van der Waals surface area contributed by atoms with E-state index in [4.69, 9.17) is 5.11 Å². The molecule has 0 bridgehead atoms. The number of carbonyl (C=O) groups is 3. The first-order valence-corrected chi connectivity index (χ1v) is 9.04. The van der Waals surface area contributed by atoms with Crippen LogP contribution in [0, 0.1) is 11.7 Å². The number of benzene rings is 1. The summed E-state index contributed by atoms with van der Waals surface area (Å²) in [5.74, 6) is -1.15. The maximum atomic E-state index is 13.3. The highest BCUT2D eigenvalue weighted by Gasteiger charge is 2.36. The van der Waals surface area contributed by atoms with Gasteiger partial charge in [-0.15, -0.1) is 0 Å². The van der Waals surface area contributed by atoms with Gasteiger partial charge in [0.25, 0.3) is 5.91 Å². The average molecular weight is 390 g/mol. The van der Waals surface area contributed by atoms with Crippen LogP contribution in [-0.4, -0.2) is 59.1 Å². The van der Waals surface area contributed by atoms with Gasteiger partial charge in [0.15, 0.2) is 0 Å². The van der Waals surface area contributed by atoms with Crippen LogP contribution in [-0.2, 0) is 4.79 Å². The van der Waals surface area contributed by atoms with Gasteiger partial charge in [0.2, 0.25) is 5.91 Å². The maximum Gasteiger partial charge on any atom is 0.404 e. The molecular formula is C19H23FN4O4. The van der Waals surface area contributed by atoms with E-state index in [1.807, 2.05) is 0 Å². The molecule has 150 valence electrons. The molecule has 2 aromatic rings. The predicted molar refractivity (Wildman–Crippen MR) is 100 cm³/mol. The van der Waals surface area contributed by atoms with Crippen LogP contribution >= 0.6 is 0 Å². The van der Waals surface area contributed by atoms with Crippen LogP contribution in [0.25, 0.3) is 10.9 Å². The number of halogens is 1. The summed E-state index contributed by atoms with van der Waals surface area (Å²) in [6.07, 6.45) is 0.128. The number of hydrogen-bond acceptors (Lipinski definition) is 3. The molecule has 1 fully saturated rings. The van der Waals surface area contributed by atoms with Gasteiger partial charge in [-0.3, -0.25) is 9.59 Å². The van der Waals surface area contributed by atoms with Crippen LogP contribution in [0.5, 0.6) is 0 Å². The fourth-order valence-electron chi connectivity index (χ4n) is 3.72. The number of aromatic amines is 1. The molecule has 28 heavy (non-hydrogen) atoms. The molecule has 3 rings (SSSR count). The second-order valence-corrected chi connectivity index (χ2v) is 7.29. The van der Waals surface area contributed by atoms with Crippen molar-refractivity contribution in [2.45, 2.75) is 31.3 Å². The van der Waals surface area contributed by atoms with E-state index in [1.165, 1.54) is 17.0 Å². The SMILES string of the molecule is CN(C)C(=O)[C@H]1CC[C@H](NC(=O)c2cc3cc(F)ccc3[nH]2)[C@H](NC(=O)O)C1. The molecule has 0 spiro atoms. The van der Waals surface area contributed by atoms with Gasteiger partial charge in [0.1, 0.15) is 11.5 Å². The number of H-pyrrole nitrogens is 1. The van der Waals surface area contributed by atoms with Crippen molar-refractivity contribution in [1.29, 1.82) is 0 Å². The molecule has 3 amide bonds. The summed E-state index contributed by atoms with van der Waals surface area (Å²) in [4.78, 5) is 40.5. The van der Waals surface area contributed by atoms with E-state index in [9.17, 15) is 18.8 Å². The van der Waals surface area contributed by atoms with E-state index in [0.717, 1.165) is 0 Å². The Morgan fingerprint density at radius 2 is 1.89 bits per heavy atom. The summed E-state index contributed by atoms with van der Waals surface area (Å²) in [5, 5.41) is 15.0. The van der Waals surface area contributed by atoms with E-state index in [0.29, 0.717) is 30.2 Å². The molecule has 0 unspecified atom stereocenters. The Balaban J connectivity index is 1.73. The zero-order chi connectivity index (χ0) is 20.4. The first-order chi connectivity index (χ1) is 13.2. The summed E-state index contributed by atoms with van der Waals surface area (Å²) in [6, 6.07) is 4.71. The number of carbonyl (C=O) groups excluding carboxylic acids is 2. The summed E-state index contributed by atoms with van der Waals surface area (Å²) in [6.45, 7) is 0. The number of rotatable bonds is 4. The average Bonchev–Trinajstić information content (AvgIpc) is 3.05. The highest BCUT2D eigenvalue weighted by Crippen LogP contribution is 2.27. The smallest absolute Gasteiger partial charge is 0.404 e. The van der Waals surface area contributed by atoms with Crippen LogP contribution in [0.15, 0.2) is 24.3 Å². The Morgan fingerprint density at radius 3 is 2.57 bits per heavy atom. The van der Waals surface area contributed by atoms with E-state index in [-0.39, 0.29) is 17.5 Å². The van der Waals surface area contributed by atoms with Crippen molar-refractivity contribution in [1.82, 2.24) is 20.5 Å². The second-order valence-electron chi connectivity index (χ2n) is 7.29. The Kier molecular flexibility index (Phi) is 5.53. The molecule has 1 aliphatic rings. The number of aromatic nitrogens is 1. The Morgan fingerprint density at radius 1 is 1.14 bits per heavy atom. The molecule has 8 nitrogen and oxygen atoms in total. The lowest BCUT2D eigenvalue weighted by Crippen LogP contribution is -2.55. The van der Waals surface area contributed by atoms with Gasteiger partial charge in [0, 0.05) is 37.0 Å². The molecule has 1 heterocycles. The lowest BCUT2D eigenvalue weighted by Gasteiger charge is -2.36. The second kappa shape index (κ2) is 7.87. The first-order valence-electron chi connectivity index (χ1n) is 9.04. The largest absolute Gasteiger partial charge is 0.465 e. The Bertz CT molecular complexity index is 910. The lowest BCUT2D eigenvalue weighted by atomic mass is 9.81. The highest BCUT2D eigenvalue weighted by molar-refractivity contribution is 5.98. The molecule has 4 N–H and O–H groups in total. The normalized spacial score (nSPS) is 21.9. The topological polar surface area (TPSA) is 115 Å². The van der Waals surface area contributed by atoms with Crippen molar-refractivity contribution in [2.24, 2.45) is 5.92 Å². The summed E-state index contributed by atoms with van der Waals surface area (Å²) in [7, 11) is 3.32. The molecule has 1 aliphatic carbocycles. The fraction of sp³-hybridized carbons (Fsp3) is 0.421. The number of nitrogens with zero attached hydrogens (tertiary/aromatic N) is 1. The van der Waals surface area contributed by atoms with Crippen molar-refractivity contribution in [3.63, 3.8) is 0 Å². The zero-order valence-electron chi connectivity index (χ0n) is 15.7. The van der Waals surface area contributed by atoms with E-state index >= 15 is 0 Å². The summed E-state index contributed by atoms with van der Waals surface area (Å²) < 4.78 is 13.3. The molecule has 9 heteroatoms. The minimum atomic E-state index is -1.21. The first kappa shape index (κ1) is 19.7. The van der Waals surface area contributed by atoms with Crippen molar-refractivity contribution >= 4 is 28.8 Å². The molecule has 0 aliphatic heterocycles. The lowest BCUT2D eigenvalue weighted by molar-refractivity contribution is -0.134. The van der Waals surface area contributed by atoms with Crippen LogP contribution < -0.4 is 10.6 Å². The molecule has 1 aromatic heterocycles. The molecular weight excluding hydrogens is 367 g/mol. The van der Waals surface area contributed by atoms with Crippen LogP contribution in [0.1, 0.15) is 29.8 Å². The Labute approximate surface area is 161 Å². The molecule has 0 radical (unpaired) electrons. The van der Waals surface area contributed by atoms with Gasteiger partial charge in [-0.1, -0.05) is 0 Å². The van der Waals surface area contributed by atoms with E-state index in [2.05, 4.69) is 15.6 Å². The molecule has 1 aromatic carbocycles. The summed E-state index contributed by atoms with van der Waals surface area (Å²) >= 11 is 0. The van der Waals surface area contributed by atoms with E-state index in [1.54, 1.807) is 26.2 Å². The minimum Gasteiger partial charge on any atom is -0.465 e. The third-order valence-corrected chi connectivity index (χ3v) is 5.09. The quantitative estimate of drug-likeness (QED) is 0.639. The predicted octanol–water partition coefficient (Wildman–Crippen LogP) is 1.93. The summed E-state index contributed by atoms with van der Waals surface area (Å²) in [5.41, 5.74) is 0.896. The number of carboxylic acid groups (broad SMARTS) is 1. The third-order valence-electron chi connectivity index (χ3n) is 5.09. The van der Waals surface area contributed by atoms with Crippen molar-refractivity contribution in [3.8, 4) is 0 Å². The zero-order valence-corrected chi connectivity index (χ0v) is 15.7. The number of fused-ring (bicyclic) bond motifs is 1. The van der Waals surface area contributed by atoms with Crippen LogP contribution in [0.3, 0.4) is 0 Å². The van der Waals surface area contributed by atoms with Gasteiger partial charge in [0.05, 0.1) is 6.04 Å². The maximum absolute atomic E-state index is 13.3. The van der Waals surface area contributed by atoms with Gasteiger partial charge in [-0.05, 0) is 43.5 Å². The van der Waals surface area contributed by atoms with Crippen molar-refractivity contribution in [3.05, 3.63) is 35.8 Å². The monoisotopic (exact) mass is 390 g/mol. The third kappa shape index (κ3) is 4.24. The minimum absolute atomic E-state index is 0.0559.